The standard InChI is InChI=1S/C29H32FN5O9/c1-15-12-22-19(27(40)32-16(2)31-22)13-17(15)14-34(3)35(23(29(43)44)9-11-25(37)38)24(36)10-8-21(28(41)42)33-26(39)18-6-4-5-7-20(18)30/h4-7,12-13,21,23H,8-11,14H2,1-3H3,(H,33,39)(H,37,38)(H,41,42)(H,43,44)(H,31,32,40)/t21-,23+/m0/s1. The number of aliphatic carboxylic acids is 3. The highest BCUT2D eigenvalue weighted by molar-refractivity contribution is 5.97. The average Bonchev–Trinajstić information content (AvgIpc) is 2.93. The molecule has 0 unspecified atom stereocenters. The first-order valence-corrected chi connectivity index (χ1v) is 13.5. The number of nitrogens with one attached hydrogen (secondary N) is 2. The van der Waals surface area contributed by atoms with Crippen molar-refractivity contribution in [3.63, 3.8) is 0 Å². The predicted molar refractivity (Wildman–Crippen MR) is 153 cm³/mol. The lowest BCUT2D eigenvalue weighted by molar-refractivity contribution is -0.168. The number of rotatable bonds is 14. The highest BCUT2D eigenvalue weighted by atomic mass is 19.1. The van der Waals surface area contributed by atoms with Gasteiger partial charge >= 0.3 is 17.9 Å². The zero-order valence-corrected chi connectivity index (χ0v) is 24.2. The summed E-state index contributed by atoms with van der Waals surface area (Å²) in [6, 6.07) is 4.87. The lowest BCUT2D eigenvalue weighted by Crippen LogP contribution is -2.54. The van der Waals surface area contributed by atoms with Gasteiger partial charge in [-0.25, -0.2) is 24.0 Å². The second kappa shape index (κ2) is 14.3. The van der Waals surface area contributed by atoms with Gasteiger partial charge in [-0.05, 0) is 62.1 Å². The molecule has 0 aliphatic rings. The average molecular weight is 614 g/mol. The molecule has 15 heteroatoms. The van der Waals surface area contributed by atoms with E-state index in [2.05, 4.69) is 15.3 Å². The molecular formula is C29H32FN5O9. The quantitative estimate of drug-likeness (QED) is 0.166. The van der Waals surface area contributed by atoms with Crippen LogP contribution in [0.5, 0.6) is 0 Å². The molecule has 2 aromatic carbocycles. The number of amides is 2. The Labute approximate surface area is 250 Å². The van der Waals surface area contributed by atoms with E-state index in [1.807, 2.05) is 0 Å². The van der Waals surface area contributed by atoms with E-state index < -0.39 is 84.4 Å². The summed E-state index contributed by atoms with van der Waals surface area (Å²) >= 11 is 0. The fourth-order valence-electron chi connectivity index (χ4n) is 4.68. The number of hydrogen-bond donors (Lipinski definition) is 5. The molecule has 1 aromatic heterocycles. The Morgan fingerprint density at radius 3 is 2.30 bits per heavy atom. The molecule has 3 rings (SSSR count). The molecular weight excluding hydrogens is 581 g/mol. The molecule has 0 spiro atoms. The number of fused-ring (bicyclic) bond motifs is 1. The minimum atomic E-state index is -1.65. The molecule has 0 radical (unpaired) electrons. The molecule has 0 saturated heterocycles. The van der Waals surface area contributed by atoms with E-state index in [0.717, 1.165) is 17.1 Å². The zero-order chi connectivity index (χ0) is 32.7. The van der Waals surface area contributed by atoms with Gasteiger partial charge in [-0.1, -0.05) is 12.1 Å². The molecule has 0 saturated carbocycles. The van der Waals surface area contributed by atoms with Crippen LogP contribution in [0.4, 0.5) is 4.39 Å². The Morgan fingerprint density at radius 1 is 1.00 bits per heavy atom. The normalized spacial score (nSPS) is 12.5. The lowest BCUT2D eigenvalue weighted by Gasteiger charge is -2.37. The lowest BCUT2D eigenvalue weighted by atomic mass is 10.0. The van der Waals surface area contributed by atoms with Crippen LogP contribution in [0.3, 0.4) is 0 Å². The van der Waals surface area contributed by atoms with Gasteiger partial charge in [0.25, 0.3) is 11.5 Å². The van der Waals surface area contributed by atoms with Gasteiger partial charge in [0.1, 0.15) is 23.7 Å². The van der Waals surface area contributed by atoms with Crippen molar-refractivity contribution >= 4 is 40.6 Å². The van der Waals surface area contributed by atoms with Crippen LogP contribution in [0.15, 0.2) is 41.2 Å². The number of nitrogens with zero attached hydrogens (tertiary/aromatic N) is 3. The largest absolute Gasteiger partial charge is 0.481 e. The molecule has 234 valence electrons. The number of aryl methyl sites for hydroxylation is 2. The van der Waals surface area contributed by atoms with Crippen LogP contribution in [-0.4, -0.2) is 84.2 Å². The summed E-state index contributed by atoms with van der Waals surface area (Å²) in [7, 11) is 1.39. The third-order valence-corrected chi connectivity index (χ3v) is 6.88. The molecule has 1 heterocycles. The number of aromatic nitrogens is 2. The number of carbonyl (C=O) groups excluding carboxylic acids is 2. The van der Waals surface area contributed by atoms with Crippen LogP contribution in [-0.2, 0) is 25.7 Å². The summed E-state index contributed by atoms with van der Waals surface area (Å²) in [6.45, 7) is 3.27. The number of carbonyl (C=O) groups is 5. The summed E-state index contributed by atoms with van der Waals surface area (Å²) in [5.41, 5.74) is 0.850. The molecule has 2 atom stereocenters. The summed E-state index contributed by atoms with van der Waals surface area (Å²) in [5, 5.41) is 33.3. The maximum atomic E-state index is 14.0. The Morgan fingerprint density at radius 2 is 1.68 bits per heavy atom. The Kier molecular flexibility index (Phi) is 10.9. The van der Waals surface area contributed by atoms with E-state index >= 15 is 0 Å². The number of H-pyrrole nitrogens is 1. The van der Waals surface area contributed by atoms with Gasteiger partial charge in [-0.15, -0.1) is 0 Å². The van der Waals surface area contributed by atoms with Crippen LogP contribution in [0, 0.1) is 19.7 Å². The number of carboxylic acid groups (broad SMARTS) is 3. The summed E-state index contributed by atoms with van der Waals surface area (Å²) < 4.78 is 14.0. The predicted octanol–water partition coefficient (Wildman–Crippen LogP) is 1.84. The van der Waals surface area contributed by atoms with Crippen molar-refractivity contribution in [1.82, 2.24) is 25.3 Å². The number of hydrazine groups is 1. The maximum absolute atomic E-state index is 14.0. The molecule has 0 bridgehead atoms. The molecule has 0 aliphatic heterocycles. The van der Waals surface area contributed by atoms with E-state index in [-0.39, 0.29) is 11.9 Å². The number of halogens is 1. The van der Waals surface area contributed by atoms with E-state index in [9.17, 15) is 48.5 Å². The number of benzene rings is 2. The SMILES string of the molecule is Cc1nc2cc(C)c(CN(C)N(C(=O)CC[C@H](NC(=O)c3ccccc3F)C(=O)O)[C@H](CCC(=O)O)C(=O)O)cc2c(=O)[nH]1. The zero-order valence-electron chi connectivity index (χ0n) is 24.2. The Hall–Kier alpha value is -5.18. The van der Waals surface area contributed by atoms with Gasteiger partial charge < -0.3 is 25.6 Å². The molecule has 3 aromatic rings. The van der Waals surface area contributed by atoms with Crippen LogP contribution in [0.25, 0.3) is 10.9 Å². The molecule has 14 nitrogen and oxygen atoms in total. The number of carboxylic acids is 3. The van der Waals surface area contributed by atoms with E-state index in [1.54, 1.807) is 26.0 Å². The van der Waals surface area contributed by atoms with Crippen LogP contribution in [0.2, 0.25) is 0 Å². The van der Waals surface area contributed by atoms with Crippen molar-refractivity contribution in [3.05, 3.63) is 75.1 Å². The van der Waals surface area contributed by atoms with Gasteiger partial charge in [0.05, 0.1) is 16.5 Å². The van der Waals surface area contributed by atoms with Crippen LogP contribution < -0.4 is 10.9 Å². The monoisotopic (exact) mass is 613 g/mol. The summed E-state index contributed by atoms with van der Waals surface area (Å²) in [4.78, 5) is 80.9. The van der Waals surface area contributed by atoms with E-state index in [1.165, 1.54) is 24.2 Å². The van der Waals surface area contributed by atoms with Gasteiger partial charge in [-0.3, -0.25) is 24.2 Å². The topological polar surface area (TPSA) is 210 Å². The highest BCUT2D eigenvalue weighted by Gasteiger charge is 2.34. The second-order valence-corrected chi connectivity index (χ2v) is 10.2. The molecule has 0 aliphatic carbocycles. The first-order valence-electron chi connectivity index (χ1n) is 13.5. The molecule has 44 heavy (non-hydrogen) atoms. The smallest absolute Gasteiger partial charge is 0.328 e. The Balaban J connectivity index is 1.89. The van der Waals surface area contributed by atoms with E-state index in [4.69, 9.17) is 0 Å². The third-order valence-electron chi connectivity index (χ3n) is 6.88. The van der Waals surface area contributed by atoms with Crippen LogP contribution in [0.1, 0.15) is 53.0 Å². The summed E-state index contributed by atoms with van der Waals surface area (Å²) in [5.74, 6) is -6.66. The molecule has 5 N–H and O–H groups in total. The first-order chi connectivity index (χ1) is 20.7. The van der Waals surface area contributed by atoms with Crippen molar-refractivity contribution < 1.29 is 43.7 Å². The van der Waals surface area contributed by atoms with Crippen molar-refractivity contribution in [1.29, 1.82) is 0 Å². The van der Waals surface area contributed by atoms with Crippen molar-refractivity contribution in [2.24, 2.45) is 0 Å². The van der Waals surface area contributed by atoms with Gasteiger partial charge in [0.15, 0.2) is 0 Å². The van der Waals surface area contributed by atoms with Gasteiger partial charge in [-0.2, -0.15) is 0 Å². The number of aromatic amines is 1. The fourth-order valence-corrected chi connectivity index (χ4v) is 4.68. The van der Waals surface area contributed by atoms with Crippen molar-refractivity contribution in [3.8, 4) is 0 Å². The highest BCUT2D eigenvalue weighted by Crippen LogP contribution is 2.21. The third kappa shape index (κ3) is 8.22. The summed E-state index contributed by atoms with van der Waals surface area (Å²) in [6.07, 6.45) is -2.11. The fraction of sp³-hybridized carbons (Fsp3) is 0.345. The van der Waals surface area contributed by atoms with Crippen LogP contribution >= 0.6 is 0 Å². The molecule has 0 fully saturated rings. The first kappa shape index (κ1) is 33.3. The second-order valence-electron chi connectivity index (χ2n) is 10.2. The minimum absolute atomic E-state index is 0.0932. The van der Waals surface area contributed by atoms with Crippen molar-refractivity contribution in [2.75, 3.05) is 7.05 Å². The van der Waals surface area contributed by atoms with Gasteiger partial charge in [0, 0.05) is 26.4 Å². The molecule has 2 amide bonds. The van der Waals surface area contributed by atoms with Gasteiger partial charge in [0.2, 0.25) is 5.91 Å². The maximum Gasteiger partial charge on any atom is 0.328 e. The number of hydrogen-bond acceptors (Lipinski definition) is 8. The minimum Gasteiger partial charge on any atom is -0.481 e. The Bertz CT molecular complexity index is 1660. The van der Waals surface area contributed by atoms with E-state index in [0.29, 0.717) is 22.5 Å². The van der Waals surface area contributed by atoms with Crippen molar-refractivity contribution in [2.45, 2.75) is 58.2 Å².